The first-order chi connectivity index (χ1) is 24.7. The number of nitrogens with zero attached hydrogens (tertiary/aromatic N) is 3. The largest absolute Gasteiger partial charge is 0.316 e. The molecule has 0 aliphatic heterocycles. The molecule has 7 aromatic carbocycles. The number of aromatic nitrogens is 1. The Labute approximate surface area is 293 Å². The molecule has 232 valence electrons. The average Bonchev–Trinajstić information content (AvgIpc) is 3.84. The zero-order valence-corrected chi connectivity index (χ0v) is 27.9. The van der Waals surface area contributed by atoms with Crippen molar-refractivity contribution in [1.82, 2.24) is 4.57 Å². The van der Waals surface area contributed by atoms with Crippen molar-refractivity contribution < 1.29 is 4.39 Å². The van der Waals surface area contributed by atoms with Crippen molar-refractivity contribution in [2.24, 2.45) is 0 Å². The molecule has 0 saturated carbocycles. The molecular weight excluding hydrogens is 654 g/mol. The smallest absolute Gasteiger partial charge is 0.221 e. The van der Waals surface area contributed by atoms with E-state index >= 15 is 4.39 Å². The van der Waals surface area contributed by atoms with E-state index in [2.05, 4.69) is 88.3 Å². The summed E-state index contributed by atoms with van der Waals surface area (Å²) in [6.45, 7) is 8.75. The Morgan fingerprint density at radius 2 is 1.02 bits per heavy atom. The summed E-state index contributed by atoms with van der Waals surface area (Å²) < 4.78 is 23.7. The van der Waals surface area contributed by atoms with Gasteiger partial charge in [0.2, 0.25) is 5.69 Å². The van der Waals surface area contributed by atoms with Crippen molar-refractivity contribution in [2.45, 2.75) is 0 Å². The molecule has 0 aliphatic rings. The van der Waals surface area contributed by atoms with E-state index in [4.69, 9.17) is 6.57 Å². The fourth-order valence-corrected chi connectivity index (χ4v) is 10.1. The van der Waals surface area contributed by atoms with Crippen LogP contribution in [0.25, 0.3) is 94.9 Å². The van der Waals surface area contributed by atoms with Gasteiger partial charge in [-0.15, -0.1) is 22.7 Å². The van der Waals surface area contributed by atoms with Gasteiger partial charge in [-0.3, -0.25) is 0 Å². The van der Waals surface area contributed by atoms with E-state index in [1.807, 2.05) is 48.5 Å². The van der Waals surface area contributed by atoms with Gasteiger partial charge >= 0.3 is 0 Å². The molecule has 0 amide bonds. The van der Waals surface area contributed by atoms with Crippen molar-refractivity contribution >= 4 is 90.5 Å². The van der Waals surface area contributed by atoms with Crippen LogP contribution < -0.4 is 0 Å². The van der Waals surface area contributed by atoms with Crippen molar-refractivity contribution in [3.63, 3.8) is 0 Å². The summed E-state index contributed by atoms with van der Waals surface area (Å²) in [6, 6.07) is 46.5. The number of rotatable bonds is 3. The summed E-state index contributed by atoms with van der Waals surface area (Å²) in [5.74, 6) is -0.688. The highest BCUT2D eigenvalue weighted by Gasteiger charge is 2.31. The van der Waals surface area contributed by atoms with E-state index in [9.17, 15) is 5.26 Å². The molecule has 0 radical (unpaired) electrons. The Morgan fingerprint density at radius 1 is 0.560 bits per heavy atom. The highest BCUT2D eigenvalue weighted by molar-refractivity contribution is 7.27. The van der Waals surface area contributed by atoms with Crippen LogP contribution in [0.4, 0.5) is 10.1 Å². The standard InChI is InChI=1S/C44H22FN3S2/c1-47-39-37(26-14-6-3-7-15-26)38(45)33(24-46)36(25-12-4-2-5-13-25)42(39)48-40-29(20-22-31-27-16-8-10-18-34(27)49-43(31)40)30-21-23-32-28-17-9-11-19-35(28)50-44(32)41(30)48/h2-23H. The van der Waals surface area contributed by atoms with Crippen LogP contribution in [-0.4, -0.2) is 4.57 Å². The third-order valence-electron chi connectivity index (χ3n) is 9.74. The summed E-state index contributed by atoms with van der Waals surface area (Å²) in [5.41, 5.74) is 4.25. The van der Waals surface area contributed by atoms with Gasteiger partial charge in [-0.05, 0) is 23.3 Å². The first-order valence-corrected chi connectivity index (χ1v) is 17.8. The SMILES string of the molecule is [C-]#[N+]c1c(-c2ccccc2)c(F)c(C#N)c(-c2ccccc2)c1-n1c2c(ccc3c4ccccc4sc32)c2ccc3c4ccccc4sc3c21. The van der Waals surface area contributed by atoms with Crippen LogP contribution in [0.3, 0.4) is 0 Å². The summed E-state index contributed by atoms with van der Waals surface area (Å²) in [4.78, 5) is 4.17. The highest BCUT2D eigenvalue weighted by Crippen LogP contribution is 2.52. The predicted molar refractivity (Wildman–Crippen MR) is 208 cm³/mol. The molecule has 0 atom stereocenters. The normalized spacial score (nSPS) is 11.7. The Morgan fingerprint density at radius 3 is 1.52 bits per heavy atom. The Kier molecular flexibility index (Phi) is 6.22. The summed E-state index contributed by atoms with van der Waals surface area (Å²) in [6.07, 6.45) is 0. The van der Waals surface area contributed by atoms with Crippen LogP contribution in [0.2, 0.25) is 0 Å². The Balaban J connectivity index is 1.54. The number of hydrogen-bond donors (Lipinski definition) is 0. The monoisotopic (exact) mass is 675 g/mol. The molecule has 0 N–H and O–H groups in total. The van der Waals surface area contributed by atoms with E-state index in [0.717, 1.165) is 62.2 Å². The fourth-order valence-electron chi connectivity index (χ4n) is 7.64. The molecule has 0 unspecified atom stereocenters. The van der Waals surface area contributed by atoms with Gasteiger partial charge in [0.05, 0.1) is 38.3 Å². The van der Waals surface area contributed by atoms with E-state index in [1.165, 1.54) is 0 Å². The maximum absolute atomic E-state index is 17.0. The zero-order valence-electron chi connectivity index (χ0n) is 26.2. The van der Waals surface area contributed by atoms with Crippen LogP contribution in [-0.2, 0) is 0 Å². The number of halogens is 1. The molecule has 0 fully saturated rings. The lowest BCUT2D eigenvalue weighted by Crippen LogP contribution is -2.05. The number of hydrogen-bond acceptors (Lipinski definition) is 3. The summed E-state index contributed by atoms with van der Waals surface area (Å²) in [7, 11) is 0. The van der Waals surface area contributed by atoms with Crippen molar-refractivity contribution in [2.75, 3.05) is 0 Å². The lowest BCUT2D eigenvalue weighted by molar-refractivity contribution is 0.628. The maximum atomic E-state index is 17.0. The first kappa shape index (κ1) is 28.7. The number of nitriles is 1. The van der Waals surface area contributed by atoms with Crippen LogP contribution in [0.1, 0.15) is 5.56 Å². The maximum Gasteiger partial charge on any atom is 0.221 e. The molecule has 10 rings (SSSR count). The molecule has 50 heavy (non-hydrogen) atoms. The molecule has 0 spiro atoms. The molecule has 10 aromatic rings. The lowest BCUT2D eigenvalue weighted by Gasteiger charge is -2.21. The first-order valence-electron chi connectivity index (χ1n) is 16.1. The topological polar surface area (TPSA) is 33.1 Å². The third kappa shape index (κ3) is 3.86. The van der Waals surface area contributed by atoms with Gasteiger partial charge in [0.15, 0.2) is 0 Å². The quantitative estimate of drug-likeness (QED) is 0.172. The minimum Gasteiger partial charge on any atom is -0.316 e. The summed E-state index contributed by atoms with van der Waals surface area (Å²) >= 11 is 3.44. The van der Waals surface area contributed by atoms with E-state index in [1.54, 1.807) is 34.8 Å². The second-order valence-corrected chi connectivity index (χ2v) is 14.4. The van der Waals surface area contributed by atoms with Gasteiger partial charge in [0, 0.05) is 52.8 Å². The Bertz CT molecular complexity index is 2990. The molecule has 0 bridgehead atoms. The van der Waals surface area contributed by atoms with E-state index in [0.29, 0.717) is 22.4 Å². The van der Waals surface area contributed by atoms with Crippen LogP contribution in [0.15, 0.2) is 133 Å². The van der Waals surface area contributed by atoms with Gasteiger partial charge in [-0.1, -0.05) is 121 Å². The van der Waals surface area contributed by atoms with Crippen molar-refractivity contribution in [1.29, 1.82) is 5.26 Å². The molecular formula is C44H22FN3S2. The lowest BCUT2D eigenvalue weighted by atomic mass is 9.90. The summed E-state index contributed by atoms with van der Waals surface area (Å²) in [5, 5.41) is 17.4. The molecule has 3 heterocycles. The second kappa shape index (κ2) is 10.9. The molecule has 0 saturated heterocycles. The minimum atomic E-state index is -0.688. The number of fused-ring (bicyclic) bond motifs is 11. The highest BCUT2D eigenvalue weighted by atomic mass is 32.1. The van der Waals surface area contributed by atoms with Gasteiger partial charge < -0.3 is 4.57 Å². The molecule has 6 heteroatoms. The van der Waals surface area contributed by atoms with Crippen LogP contribution >= 0.6 is 22.7 Å². The van der Waals surface area contributed by atoms with Gasteiger partial charge in [0.25, 0.3) is 0 Å². The zero-order chi connectivity index (χ0) is 33.5. The van der Waals surface area contributed by atoms with E-state index in [-0.39, 0.29) is 16.8 Å². The predicted octanol–water partition coefficient (Wildman–Crippen LogP) is 13.4. The molecule has 0 aliphatic carbocycles. The second-order valence-electron chi connectivity index (χ2n) is 12.3. The fraction of sp³-hybridized carbons (Fsp3) is 0. The third-order valence-corrected chi connectivity index (χ3v) is 12.1. The Hall–Kier alpha value is -6.31. The number of benzene rings is 7. The molecule has 3 nitrogen and oxygen atoms in total. The number of thiophene rings is 2. The van der Waals surface area contributed by atoms with Crippen molar-refractivity contribution in [3.8, 4) is 34.0 Å². The van der Waals surface area contributed by atoms with Crippen LogP contribution in [0.5, 0.6) is 0 Å². The van der Waals surface area contributed by atoms with Gasteiger partial charge in [-0.2, -0.15) is 5.26 Å². The van der Waals surface area contributed by atoms with Gasteiger partial charge in [0.1, 0.15) is 11.9 Å². The minimum absolute atomic E-state index is 0.0838. The molecule has 3 aromatic heterocycles. The van der Waals surface area contributed by atoms with E-state index < -0.39 is 5.82 Å². The van der Waals surface area contributed by atoms with Crippen molar-refractivity contribution in [3.05, 3.63) is 156 Å². The van der Waals surface area contributed by atoms with Crippen LogP contribution in [0, 0.1) is 23.7 Å². The van der Waals surface area contributed by atoms with Gasteiger partial charge in [-0.25, -0.2) is 9.24 Å². The average molecular weight is 676 g/mol.